The zero-order valence-corrected chi connectivity index (χ0v) is 15.0. The van der Waals surface area contributed by atoms with E-state index in [9.17, 15) is 9.59 Å². The number of carboxylic acids is 1. The molecule has 1 aromatic carbocycles. The molecular formula is C19H16O3S2. The smallest absolute Gasteiger partial charge is 0.345 e. The van der Waals surface area contributed by atoms with Crippen molar-refractivity contribution in [2.75, 3.05) is 0 Å². The zero-order chi connectivity index (χ0) is 17.3. The van der Waals surface area contributed by atoms with Gasteiger partial charge in [-0.3, -0.25) is 4.79 Å². The highest BCUT2D eigenvalue weighted by Gasteiger charge is 2.15. The Kier molecular flexibility index (Phi) is 4.64. The first-order valence-electron chi connectivity index (χ1n) is 7.56. The van der Waals surface area contributed by atoms with Gasteiger partial charge in [-0.05, 0) is 72.0 Å². The average molecular weight is 356 g/mol. The van der Waals surface area contributed by atoms with E-state index >= 15 is 0 Å². The molecule has 2 aromatic heterocycles. The summed E-state index contributed by atoms with van der Waals surface area (Å²) in [5.74, 6) is -0.890. The number of aryl methyl sites for hydroxylation is 2. The summed E-state index contributed by atoms with van der Waals surface area (Å²) in [7, 11) is 0. The third-order valence-corrected chi connectivity index (χ3v) is 6.04. The molecule has 0 saturated heterocycles. The second-order valence-electron chi connectivity index (χ2n) is 5.47. The van der Waals surface area contributed by atoms with Gasteiger partial charge in [-0.25, -0.2) is 4.79 Å². The predicted octanol–water partition coefficient (Wildman–Crippen LogP) is 5.53. The van der Waals surface area contributed by atoms with E-state index in [0.29, 0.717) is 9.75 Å². The Morgan fingerprint density at radius 1 is 1.12 bits per heavy atom. The lowest BCUT2D eigenvalue weighted by molar-refractivity contribution is 0.0702. The van der Waals surface area contributed by atoms with Crippen molar-refractivity contribution in [1.82, 2.24) is 0 Å². The molecule has 3 rings (SSSR count). The van der Waals surface area contributed by atoms with Crippen molar-refractivity contribution in [1.29, 1.82) is 0 Å². The van der Waals surface area contributed by atoms with Crippen LogP contribution >= 0.6 is 22.7 Å². The van der Waals surface area contributed by atoms with Gasteiger partial charge in [0, 0.05) is 9.75 Å². The van der Waals surface area contributed by atoms with Crippen molar-refractivity contribution in [3.8, 4) is 20.9 Å². The van der Waals surface area contributed by atoms with E-state index in [0.717, 1.165) is 39.2 Å². The maximum Gasteiger partial charge on any atom is 0.345 e. The lowest BCUT2D eigenvalue weighted by Gasteiger charge is -2.12. The Balaban J connectivity index is 2.10. The van der Waals surface area contributed by atoms with Crippen LogP contribution in [0.3, 0.4) is 0 Å². The van der Waals surface area contributed by atoms with Gasteiger partial charge in [0.1, 0.15) is 4.88 Å². The molecule has 0 radical (unpaired) electrons. The first-order valence-corrected chi connectivity index (χ1v) is 9.19. The van der Waals surface area contributed by atoms with Gasteiger partial charge in [0.2, 0.25) is 0 Å². The Morgan fingerprint density at radius 2 is 1.88 bits per heavy atom. The van der Waals surface area contributed by atoms with Crippen LogP contribution in [-0.2, 0) is 6.42 Å². The molecule has 0 unspecified atom stereocenters. The highest BCUT2D eigenvalue weighted by molar-refractivity contribution is 7.17. The number of rotatable bonds is 5. The second kappa shape index (κ2) is 6.71. The predicted molar refractivity (Wildman–Crippen MR) is 99.5 cm³/mol. The summed E-state index contributed by atoms with van der Waals surface area (Å²) in [4.78, 5) is 25.2. The van der Waals surface area contributed by atoms with Crippen molar-refractivity contribution < 1.29 is 14.7 Å². The van der Waals surface area contributed by atoms with Gasteiger partial charge < -0.3 is 5.11 Å². The monoisotopic (exact) mass is 356 g/mol. The third-order valence-electron chi connectivity index (χ3n) is 3.89. The third kappa shape index (κ3) is 3.05. The molecule has 3 aromatic rings. The van der Waals surface area contributed by atoms with E-state index < -0.39 is 5.97 Å². The molecule has 0 saturated carbocycles. The normalized spacial score (nSPS) is 10.8. The zero-order valence-electron chi connectivity index (χ0n) is 13.3. The number of carbonyl (C=O) groups excluding carboxylic acids is 1. The minimum Gasteiger partial charge on any atom is -0.477 e. The molecule has 24 heavy (non-hydrogen) atoms. The standard InChI is InChI=1S/C19H16O3S2/c1-3-12-9-13(15-5-4-14(10-20)23-15)8-11(2)18(12)16-6-7-17(24-16)19(21)22/h4-10H,3H2,1-2H3,(H,21,22). The summed E-state index contributed by atoms with van der Waals surface area (Å²) in [6.07, 6.45) is 1.73. The van der Waals surface area contributed by atoms with Crippen molar-refractivity contribution in [3.63, 3.8) is 0 Å². The largest absolute Gasteiger partial charge is 0.477 e. The molecule has 0 atom stereocenters. The number of carboxylic acid groups (broad SMARTS) is 1. The molecule has 2 heterocycles. The molecule has 0 aliphatic rings. The lowest BCUT2D eigenvalue weighted by Crippen LogP contribution is -1.92. The molecule has 0 amide bonds. The Hall–Kier alpha value is -2.24. The number of aromatic carboxylic acids is 1. The molecule has 0 spiro atoms. The van der Waals surface area contributed by atoms with Crippen LogP contribution in [0.2, 0.25) is 0 Å². The number of carbonyl (C=O) groups is 2. The molecule has 0 fully saturated rings. The molecule has 122 valence electrons. The van der Waals surface area contributed by atoms with Crippen LogP contribution in [-0.4, -0.2) is 17.4 Å². The van der Waals surface area contributed by atoms with Gasteiger partial charge in [0.25, 0.3) is 0 Å². The molecule has 0 aliphatic heterocycles. The molecule has 1 N–H and O–H groups in total. The van der Waals surface area contributed by atoms with Crippen LogP contribution in [0.4, 0.5) is 0 Å². The van der Waals surface area contributed by atoms with Gasteiger partial charge in [-0.2, -0.15) is 0 Å². The van der Waals surface area contributed by atoms with Gasteiger partial charge in [0.15, 0.2) is 6.29 Å². The fourth-order valence-corrected chi connectivity index (χ4v) is 4.59. The lowest BCUT2D eigenvalue weighted by atomic mass is 9.95. The van der Waals surface area contributed by atoms with Crippen LogP contribution in [0.1, 0.15) is 37.4 Å². The fourth-order valence-electron chi connectivity index (χ4n) is 2.79. The van der Waals surface area contributed by atoms with E-state index in [2.05, 4.69) is 19.1 Å². The maximum atomic E-state index is 11.1. The average Bonchev–Trinajstić information content (AvgIpc) is 3.23. The molecule has 0 bridgehead atoms. The number of benzene rings is 1. The molecule has 5 heteroatoms. The van der Waals surface area contributed by atoms with Crippen LogP contribution in [0.5, 0.6) is 0 Å². The van der Waals surface area contributed by atoms with E-state index in [-0.39, 0.29) is 0 Å². The Bertz CT molecular complexity index is 919. The summed E-state index contributed by atoms with van der Waals surface area (Å²) >= 11 is 2.78. The van der Waals surface area contributed by atoms with Gasteiger partial charge >= 0.3 is 5.97 Å². The van der Waals surface area contributed by atoms with Crippen molar-refractivity contribution in [3.05, 3.63) is 57.3 Å². The van der Waals surface area contributed by atoms with Crippen LogP contribution in [0.15, 0.2) is 36.4 Å². The summed E-state index contributed by atoms with van der Waals surface area (Å²) < 4.78 is 0. The summed E-state index contributed by atoms with van der Waals surface area (Å²) in [6.45, 7) is 4.14. The van der Waals surface area contributed by atoms with Crippen molar-refractivity contribution >= 4 is 34.9 Å². The Morgan fingerprint density at radius 3 is 2.46 bits per heavy atom. The molecule has 0 aliphatic carbocycles. The Labute approximate surface area is 148 Å². The number of thiophene rings is 2. The SMILES string of the molecule is CCc1cc(-c2ccc(C=O)s2)cc(C)c1-c1ccc(C(=O)O)s1. The highest BCUT2D eigenvalue weighted by Crippen LogP contribution is 2.38. The minimum atomic E-state index is -0.890. The first kappa shape index (κ1) is 16.6. The summed E-state index contributed by atoms with van der Waals surface area (Å²) in [6, 6.07) is 11.6. The van der Waals surface area contributed by atoms with E-state index in [1.165, 1.54) is 28.2 Å². The van der Waals surface area contributed by atoms with Gasteiger partial charge in [0.05, 0.1) is 4.88 Å². The van der Waals surface area contributed by atoms with Crippen molar-refractivity contribution in [2.45, 2.75) is 20.3 Å². The van der Waals surface area contributed by atoms with E-state index in [4.69, 9.17) is 5.11 Å². The number of aldehydes is 1. The van der Waals surface area contributed by atoms with Gasteiger partial charge in [-0.1, -0.05) is 6.92 Å². The topological polar surface area (TPSA) is 54.4 Å². The molecule has 3 nitrogen and oxygen atoms in total. The fraction of sp³-hybridized carbons (Fsp3) is 0.158. The van der Waals surface area contributed by atoms with Gasteiger partial charge in [-0.15, -0.1) is 22.7 Å². The quantitative estimate of drug-likeness (QED) is 0.612. The maximum absolute atomic E-state index is 11.1. The van der Waals surface area contributed by atoms with Crippen LogP contribution in [0, 0.1) is 6.92 Å². The van der Waals surface area contributed by atoms with Crippen LogP contribution in [0.25, 0.3) is 20.9 Å². The minimum absolute atomic E-state index is 0.351. The second-order valence-corrected chi connectivity index (χ2v) is 7.67. The van der Waals surface area contributed by atoms with E-state index in [1.54, 1.807) is 6.07 Å². The summed E-state index contributed by atoms with van der Waals surface area (Å²) in [5.41, 5.74) is 4.51. The number of hydrogen-bond acceptors (Lipinski definition) is 4. The molecular weight excluding hydrogens is 340 g/mol. The van der Waals surface area contributed by atoms with Crippen LogP contribution < -0.4 is 0 Å². The number of hydrogen-bond donors (Lipinski definition) is 1. The first-order chi connectivity index (χ1) is 11.5. The summed E-state index contributed by atoms with van der Waals surface area (Å²) in [5, 5.41) is 9.14. The van der Waals surface area contributed by atoms with E-state index in [1.807, 2.05) is 25.1 Å². The highest BCUT2D eigenvalue weighted by atomic mass is 32.1. The van der Waals surface area contributed by atoms with Crippen molar-refractivity contribution in [2.24, 2.45) is 0 Å².